The minimum atomic E-state index is 0.196. The van der Waals surface area contributed by atoms with E-state index in [-0.39, 0.29) is 5.54 Å². The lowest BCUT2D eigenvalue weighted by Gasteiger charge is -2.46. The lowest BCUT2D eigenvalue weighted by atomic mass is 9.79. The molecule has 0 aromatic carbocycles. The summed E-state index contributed by atoms with van der Waals surface area (Å²) < 4.78 is 0. The van der Waals surface area contributed by atoms with Crippen LogP contribution in [-0.4, -0.2) is 29.6 Å². The van der Waals surface area contributed by atoms with Gasteiger partial charge in [-0.15, -0.1) is 0 Å². The van der Waals surface area contributed by atoms with Gasteiger partial charge in [-0.05, 0) is 42.8 Å². The van der Waals surface area contributed by atoms with Crippen LogP contribution in [0.2, 0.25) is 0 Å². The minimum absolute atomic E-state index is 0.196. The summed E-state index contributed by atoms with van der Waals surface area (Å²) in [4.78, 5) is 0. The Morgan fingerprint density at radius 3 is 2.59 bits per heavy atom. The van der Waals surface area contributed by atoms with E-state index in [2.05, 4.69) is 37.8 Å². The number of rotatable bonds is 3. The van der Waals surface area contributed by atoms with Gasteiger partial charge in [-0.1, -0.05) is 20.8 Å². The Morgan fingerprint density at radius 2 is 2.06 bits per heavy atom. The third kappa shape index (κ3) is 3.39. The highest BCUT2D eigenvalue weighted by molar-refractivity contribution is 7.99. The smallest absolute Gasteiger partial charge is 0.0402 e. The topological polar surface area (TPSA) is 38.0 Å². The molecule has 2 rings (SSSR count). The standard InChI is InChI=1S/C14H28N2S/c1-11-4-5-12(6-11)16-14(8-15)7-13(2,3)9-17-10-14/h11-12,16H,4-10,15H2,1-3H3. The monoisotopic (exact) mass is 256 g/mol. The fourth-order valence-corrected chi connectivity index (χ4v) is 5.05. The van der Waals surface area contributed by atoms with E-state index >= 15 is 0 Å². The maximum absolute atomic E-state index is 6.10. The average molecular weight is 256 g/mol. The number of hydrogen-bond donors (Lipinski definition) is 2. The molecule has 0 bridgehead atoms. The Hall–Kier alpha value is 0.270. The summed E-state index contributed by atoms with van der Waals surface area (Å²) in [5, 5.41) is 3.92. The number of nitrogens with two attached hydrogens (primary N) is 1. The van der Waals surface area contributed by atoms with E-state index in [4.69, 9.17) is 5.73 Å². The molecule has 3 N–H and O–H groups in total. The fraction of sp³-hybridized carbons (Fsp3) is 1.00. The molecule has 1 aliphatic heterocycles. The fourth-order valence-electron chi connectivity index (χ4n) is 3.59. The van der Waals surface area contributed by atoms with E-state index in [1.165, 1.54) is 37.2 Å². The third-order valence-electron chi connectivity index (χ3n) is 4.28. The molecular weight excluding hydrogens is 228 g/mol. The second-order valence-corrected chi connectivity index (χ2v) is 8.06. The molecule has 0 aromatic heterocycles. The molecule has 1 saturated carbocycles. The van der Waals surface area contributed by atoms with Crippen molar-refractivity contribution in [3.05, 3.63) is 0 Å². The van der Waals surface area contributed by atoms with Gasteiger partial charge in [0.2, 0.25) is 0 Å². The van der Waals surface area contributed by atoms with Gasteiger partial charge in [0.05, 0.1) is 0 Å². The first kappa shape index (κ1) is 13.7. The molecule has 0 radical (unpaired) electrons. The van der Waals surface area contributed by atoms with Gasteiger partial charge in [0.1, 0.15) is 0 Å². The van der Waals surface area contributed by atoms with Gasteiger partial charge in [0.15, 0.2) is 0 Å². The van der Waals surface area contributed by atoms with E-state index in [1.54, 1.807) is 0 Å². The van der Waals surface area contributed by atoms with E-state index in [1.807, 2.05) is 0 Å². The molecule has 0 aromatic rings. The maximum atomic E-state index is 6.10. The van der Waals surface area contributed by atoms with Gasteiger partial charge in [0, 0.05) is 23.9 Å². The molecule has 2 aliphatic rings. The van der Waals surface area contributed by atoms with Crippen LogP contribution < -0.4 is 11.1 Å². The summed E-state index contributed by atoms with van der Waals surface area (Å²) in [5.41, 5.74) is 6.72. The molecule has 1 aliphatic carbocycles. The molecular formula is C14H28N2S. The predicted molar refractivity (Wildman–Crippen MR) is 77.4 cm³/mol. The first-order chi connectivity index (χ1) is 7.95. The Morgan fingerprint density at radius 1 is 1.29 bits per heavy atom. The number of hydrogen-bond acceptors (Lipinski definition) is 3. The van der Waals surface area contributed by atoms with Gasteiger partial charge in [0.25, 0.3) is 0 Å². The molecule has 3 heteroatoms. The Labute approximate surface area is 110 Å². The molecule has 3 atom stereocenters. The van der Waals surface area contributed by atoms with Crippen molar-refractivity contribution in [3.8, 4) is 0 Å². The molecule has 2 nitrogen and oxygen atoms in total. The van der Waals surface area contributed by atoms with Crippen LogP contribution in [-0.2, 0) is 0 Å². The van der Waals surface area contributed by atoms with Crippen molar-refractivity contribution in [1.29, 1.82) is 0 Å². The van der Waals surface area contributed by atoms with Gasteiger partial charge < -0.3 is 11.1 Å². The van der Waals surface area contributed by atoms with Crippen LogP contribution in [0.3, 0.4) is 0 Å². The SMILES string of the molecule is CC1CCC(NC2(CN)CSCC(C)(C)C2)C1. The molecule has 17 heavy (non-hydrogen) atoms. The number of thioether (sulfide) groups is 1. The molecule has 100 valence electrons. The molecule has 1 saturated heterocycles. The van der Waals surface area contributed by atoms with Crippen LogP contribution in [0, 0.1) is 11.3 Å². The summed E-state index contributed by atoms with van der Waals surface area (Å²) in [5.74, 6) is 3.36. The normalized spacial score (nSPS) is 41.6. The first-order valence-electron chi connectivity index (χ1n) is 7.00. The summed E-state index contributed by atoms with van der Waals surface area (Å²) in [6.45, 7) is 7.91. The van der Waals surface area contributed by atoms with Crippen LogP contribution in [0.1, 0.15) is 46.5 Å². The van der Waals surface area contributed by atoms with Crippen LogP contribution in [0.4, 0.5) is 0 Å². The zero-order valence-electron chi connectivity index (χ0n) is 11.6. The Bertz CT molecular complexity index is 267. The van der Waals surface area contributed by atoms with Crippen molar-refractivity contribution < 1.29 is 0 Å². The van der Waals surface area contributed by atoms with Crippen LogP contribution >= 0.6 is 11.8 Å². The van der Waals surface area contributed by atoms with Gasteiger partial charge in [-0.3, -0.25) is 0 Å². The predicted octanol–water partition coefficient (Wildman–Crippen LogP) is 2.63. The molecule has 1 heterocycles. The maximum Gasteiger partial charge on any atom is 0.0402 e. The third-order valence-corrected chi connectivity index (χ3v) is 6.03. The van der Waals surface area contributed by atoms with Crippen molar-refractivity contribution in [2.24, 2.45) is 17.1 Å². The zero-order chi connectivity index (χ0) is 12.5. The summed E-state index contributed by atoms with van der Waals surface area (Å²) in [6, 6.07) is 0.711. The van der Waals surface area contributed by atoms with E-state index in [0.717, 1.165) is 12.5 Å². The lowest BCUT2D eigenvalue weighted by molar-refractivity contribution is 0.209. The molecule has 2 fully saturated rings. The molecule has 0 spiro atoms. The highest BCUT2D eigenvalue weighted by Gasteiger charge is 2.41. The van der Waals surface area contributed by atoms with Crippen LogP contribution in [0.15, 0.2) is 0 Å². The van der Waals surface area contributed by atoms with Crippen molar-refractivity contribution >= 4 is 11.8 Å². The van der Waals surface area contributed by atoms with Gasteiger partial charge >= 0.3 is 0 Å². The molecule has 3 unspecified atom stereocenters. The van der Waals surface area contributed by atoms with Crippen molar-refractivity contribution in [2.75, 3.05) is 18.1 Å². The second kappa shape index (κ2) is 5.10. The highest BCUT2D eigenvalue weighted by Crippen LogP contribution is 2.40. The minimum Gasteiger partial charge on any atom is -0.329 e. The van der Waals surface area contributed by atoms with Crippen molar-refractivity contribution in [2.45, 2.75) is 58.0 Å². The van der Waals surface area contributed by atoms with E-state index in [9.17, 15) is 0 Å². The average Bonchev–Trinajstić information content (AvgIpc) is 2.62. The number of nitrogens with one attached hydrogen (secondary N) is 1. The van der Waals surface area contributed by atoms with Gasteiger partial charge in [-0.25, -0.2) is 0 Å². The first-order valence-corrected chi connectivity index (χ1v) is 8.16. The Kier molecular flexibility index (Phi) is 4.11. The second-order valence-electron chi connectivity index (χ2n) is 7.08. The summed E-state index contributed by atoms with van der Waals surface area (Å²) in [6.07, 6.45) is 5.30. The van der Waals surface area contributed by atoms with Gasteiger partial charge in [-0.2, -0.15) is 11.8 Å². The van der Waals surface area contributed by atoms with Crippen LogP contribution in [0.25, 0.3) is 0 Å². The largest absolute Gasteiger partial charge is 0.329 e. The van der Waals surface area contributed by atoms with Crippen molar-refractivity contribution in [1.82, 2.24) is 5.32 Å². The van der Waals surface area contributed by atoms with E-state index in [0.29, 0.717) is 11.5 Å². The Balaban J connectivity index is 1.99. The molecule has 0 amide bonds. The lowest BCUT2D eigenvalue weighted by Crippen LogP contribution is -2.60. The zero-order valence-corrected chi connectivity index (χ0v) is 12.4. The highest BCUT2D eigenvalue weighted by atomic mass is 32.2. The van der Waals surface area contributed by atoms with E-state index < -0.39 is 0 Å². The van der Waals surface area contributed by atoms with Crippen molar-refractivity contribution in [3.63, 3.8) is 0 Å². The quantitative estimate of drug-likeness (QED) is 0.815. The summed E-state index contributed by atoms with van der Waals surface area (Å²) >= 11 is 2.08. The van der Waals surface area contributed by atoms with Crippen LogP contribution in [0.5, 0.6) is 0 Å². The summed E-state index contributed by atoms with van der Waals surface area (Å²) in [7, 11) is 0.